The lowest BCUT2D eigenvalue weighted by Gasteiger charge is -2.39. The number of nitrogens with zero attached hydrogens (tertiary/aromatic N) is 1. The van der Waals surface area contributed by atoms with Crippen LogP contribution in [0, 0.1) is 0 Å². The molecule has 2 unspecified atom stereocenters. The topological polar surface area (TPSA) is 41.6 Å². The summed E-state index contributed by atoms with van der Waals surface area (Å²) in [4.78, 5) is 14.0. The highest BCUT2D eigenvalue weighted by molar-refractivity contribution is 5.96. The van der Waals surface area contributed by atoms with E-state index < -0.39 is 0 Å². The van der Waals surface area contributed by atoms with Gasteiger partial charge in [-0.05, 0) is 38.3 Å². The van der Waals surface area contributed by atoms with Crippen molar-refractivity contribution in [1.29, 1.82) is 0 Å². The monoisotopic (exact) mass is 288 g/mol. The van der Waals surface area contributed by atoms with Gasteiger partial charge in [0.05, 0.1) is 5.60 Å². The summed E-state index contributed by atoms with van der Waals surface area (Å²) >= 11 is 0. The van der Waals surface area contributed by atoms with Crippen LogP contribution >= 0.6 is 0 Å². The fraction of sp³-hybridized carbons (Fsp3) is 0.588. The van der Waals surface area contributed by atoms with E-state index in [0.717, 1.165) is 25.1 Å². The average molecular weight is 288 g/mol. The fourth-order valence-electron chi connectivity index (χ4n) is 3.45. The van der Waals surface area contributed by atoms with Crippen LogP contribution in [0.2, 0.25) is 0 Å². The highest BCUT2D eigenvalue weighted by atomic mass is 16.5. The maximum absolute atomic E-state index is 12.2. The van der Waals surface area contributed by atoms with Crippen molar-refractivity contribution in [1.82, 2.24) is 5.32 Å². The number of amides is 1. The zero-order valence-electron chi connectivity index (χ0n) is 13.1. The highest BCUT2D eigenvalue weighted by Crippen LogP contribution is 2.35. The van der Waals surface area contributed by atoms with Gasteiger partial charge in [-0.15, -0.1) is 0 Å². The standard InChI is InChI=1S/C17H24N2O2/c1-17(2)11-12(8-9-21-17)18-14-10-16(20)19(3)15-7-5-4-6-13(14)15/h4-7,12,14,18H,8-11H2,1-3H3. The summed E-state index contributed by atoms with van der Waals surface area (Å²) in [6, 6.07) is 8.70. The van der Waals surface area contributed by atoms with E-state index >= 15 is 0 Å². The van der Waals surface area contributed by atoms with E-state index in [-0.39, 0.29) is 17.6 Å². The van der Waals surface area contributed by atoms with Crippen molar-refractivity contribution in [2.24, 2.45) is 0 Å². The molecule has 0 saturated carbocycles. The van der Waals surface area contributed by atoms with Crippen LogP contribution in [0.3, 0.4) is 0 Å². The van der Waals surface area contributed by atoms with E-state index in [2.05, 4.69) is 25.2 Å². The second kappa shape index (κ2) is 5.43. The third kappa shape index (κ3) is 2.97. The predicted molar refractivity (Wildman–Crippen MR) is 83.4 cm³/mol. The summed E-state index contributed by atoms with van der Waals surface area (Å²) < 4.78 is 5.78. The lowest BCUT2D eigenvalue weighted by molar-refractivity contribution is -0.119. The molecule has 1 fully saturated rings. The summed E-state index contributed by atoms with van der Waals surface area (Å²) in [6.45, 7) is 5.05. The van der Waals surface area contributed by atoms with Gasteiger partial charge in [-0.2, -0.15) is 0 Å². The Labute approximate surface area is 126 Å². The van der Waals surface area contributed by atoms with Crippen molar-refractivity contribution in [2.45, 2.75) is 50.8 Å². The Balaban J connectivity index is 1.80. The Kier molecular flexibility index (Phi) is 3.76. The van der Waals surface area contributed by atoms with E-state index in [1.54, 1.807) is 4.90 Å². The summed E-state index contributed by atoms with van der Waals surface area (Å²) in [5, 5.41) is 3.69. The summed E-state index contributed by atoms with van der Waals surface area (Å²) in [7, 11) is 1.86. The van der Waals surface area contributed by atoms with Gasteiger partial charge in [-0.25, -0.2) is 0 Å². The predicted octanol–water partition coefficient (Wildman–Crippen LogP) is 2.64. The third-order valence-electron chi connectivity index (χ3n) is 4.56. The molecular formula is C17H24N2O2. The largest absolute Gasteiger partial charge is 0.375 e. The van der Waals surface area contributed by atoms with Crippen molar-refractivity contribution >= 4 is 11.6 Å². The molecule has 4 nitrogen and oxygen atoms in total. The number of para-hydroxylation sites is 1. The van der Waals surface area contributed by atoms with Crippen LogP contribution in [0.15, 0.2) is 24.3 Å². The second-order valence-corrected chi connectivity index (χ2v) is 6.73. The molecule has 2 heterocycles. The van der Waals surface area contributed by atoms with Gasteiger partial charge in [-0.1, -0.05) is 18.2 Å². The molecule has 1 aromatic carbocycles. The number of anilines is 1. The van der Waals surface area contributed by atoms with Gasteiger partial charge in [-0.3, -0.25) is 4.79 Å². The van der Waals surface area contributed by atoms with E-state index in [1.165, 1.54) is 5.56 Å². The molecular weight excluding hydrogens is 264 g/mol. The number of fused-ring (bicyclic) bond motifs is 1. The zero-order valence-corrected chi connectivity index (χ0v) is 13.1. The first-order chi connectivity index (χ1) is 9.96. The van der Waals surface area contributed by atoms with Crippen LogP contribution in [-0.4, -0.2) is 31.2 Å². The van der Waals surface area contributed by atoms with E-state index in [1.807, 2.05) is 25.2 Å². The van der Waals surface area contributed by atoms with Crippen LogP contribution in [0.25, 0.3) is 0 Å². The second-order valence-electron chi connectivity index (χ2n) is 6.73. The molecule has 1 amide bonds. The number of carbonyl (C=O) groups is 1. The van der Waals surface area contributed by atoms with Crippen LogP contribution in [0.5, 0.6) is 0 Å². The molecule has 1 saturated heterocycles. The van der Waals surface area contributed by atoms with Crippen LogP contribution in [0.1, 0.15) is 44.7 Å². The molecule has 4 heteroatoms. The maximum atomic E-state index is 12.2. The molecule has 114 valence electrons. The lowest BCUT2D eigenvalue weighted by Crippen LogP contribution is -2.47. The summed E-state index contributed by atoms with van der Waals surface area (Å²) in [5.41, 5.74) is 2.17. The Bertz CT molecular complexity index is 541. The molecule has 2 aliphatic rings. The molecule has 0 radical (unpaired) electrons. The lowest BCUT2D eigenvalue weighted by atomic mass is 9.90. The quantitative estimate of drug-likeness (QED) is 0.909. The SMILES string of the molecule is CN1C(=O)CC(NC2CCOC(C)(C)C2)c2ccccc21. The first-order valence-corrected chi connectivity index (χ1v) is 7.72. The van der Waals surface area contributed by atoms with Crippen LogP contribution in [-0.2, 0) is 9.53 Å². The molecule has 1 aromatic rings. The number of carbonyl (C=O) groups excluding carboxylic acids is 1. The van der Waals surface area contributed by atoms with Gasteiger partial charge in [0.1, 0.15) is 0 Å². The van der Waals surface area contributed by atoms with Gasteiger partial charge in [0, 0.05) is 37.8 Å². The molecule has 1 N–H and O–H groups in total. The number of rotatable bonds is 2. The molecule has 3 rings (SSSR count). The molecule has 2 atom stereocenters. The minimum absolute atomic E-state index is 0.0785. The minimum Gasteiger partial charge on any atom is -0.375 e. The van der Waals surface area contributed by atoms with Crippen molar-refractivity contribution in [3.63, 3.8) is 0 Å². The number of ether oxygens (including phenoxy) is 1. The zero-order chi connectivity index (χ0) is 15.0. The molecule has 0 aliphatic carbocycles. The number of benzene rings is 1. The molecule has 0 spiro atoms. The first kappa shape index (κ1) is 14.5. The minimum atomic E-state index is -0.0785. The Morgan fingerprint density at radius 2 is 2.10 bits per heavy atom. The van der Waals surface area contributed by atoms with Crippen molar-refractivity contribution in [2.75, 3.05) is 18.6 Å². The molecule has 2 aliphatic heterocycles. The Hall–Kier alpha value is -1.39. The van der Waals surface area contributed by atoms with E-state index in [0.29, 0.717) is 12.5 Å². The molecule has 21 heavy (non-hydrogen) atoms. The molecule has 0 bridgehead atoms. The van der Waals surface area contributed by atoms with Gasteiger partial charge < -0.3 is 15.0 Å². The van der Waals surface area contributed by atoms with Crippen LogP contribution in [0.4, 0.5) is 5.69 Å². The Morgan fingerprint density at radius 3 is 2.86 bits per heavy atom. The van der Waals surface area contributed by atoms with Crippen molar-refractivity contribution < 1.29 is 9.53 Å². The third-order valence-corrected chi connectivity index (χ3v) is 4.56. The van der Waals surface area contributed by atoms with E-state index in [4.69, 9.17) is 4.74 Å². The number of hydrogen-bond donors (Lipinski definition) is 1. The average Bonchev–Trinajstić information content (AvgIpc) is 2.43. The van der Waals surface area contributed by atoms with Crippen LogP contribution < -0.4 is 10.2 Å². The normalized spacial score (nSPS) is 28.3. The fourth-order valence-corrected chi connectivity index (χ4v) is 3.45. The van der Waals surface area contributed by atoms with Crippen molar-refractivity contribution in [3.8, 4) is 0 Å². The summed E-state index contributed by atoms with van der Waals surface area (Å²) in [5.74, 6) is 0.178. The smallest absolute Gasteiger partial charge is 0.228 e. The van der Waals surface area contributed by atoms with Crippen molar-refractivity contribution in [3.05, 3.63) is 29.8 Å². The first-order valence-electron chi connectivity index (χ1n) is 7.72. The van der Waals surface area contributed by atoms with Gasteiger partial charge in [0.2, 0.25) is 5.91 Å². The van der Waals surface area contributed by atoms with Gasteiger partial charge in [0.25, 0.3) is 0 Å². The number of hydrogen-bond acceptors (Lipinski definition) is 3. The van der Waals surface area contributed by atoms with Gasteiger partial charge >= 0.3 is 0 Å². The highest BCUT2D eigenvalue weighted by Gasteiger charge is 2.34. The maximum Gasteiger partial charge on any atom is 0.228 e. The van der Waals surface area contributed by atoms with Gasteiger partial charge in [0.15, 0.2) is 0 Å². The number of nitrogens with one attached hydrogen (secondary N) is 1. The van der Waals surface area contributed by atoms with E-state index in [9.17, 15) is 4.79 Å². The Morgan fingerprint density at radius 1 is 1.33 bits per heavy atom. The molecule has 0 aromatic heterocycles. The summed E-state index contributed by atoms with van der Waals surface area (Å²) in [6.07, 6.45) is 2.52.